The Bertz CT molecular complexity index is 3910. The Kier molecular flexibility index (Phi) is 9.16. The molecule has 2 aromatic heterocycles. The Hall–Kier alpha value is -8.73. The third-order valence-electron chi connectivity index (χ3n) is 14.1. The number of fused-ring (bicyclic) bond motifs is 8. The first-order valence-electron chi connectivity index (χ1n) is 23.3. The third-order valence-corrected chi connectivity index (χ3v) is 14.1. The van der Waals surface area contributed by atoms with Crippen molar-refractivity contribution < 1.29 is 0 Å². The normalized spacial score (nSPS) is 12.7. The summed E-state index contributed by atoms with van der Waals surface area (Å²) in [6.45, 7) is 4.75. The van der Waals surface area contributed by atoms with E-state index in [1.807, 2.05) is 24.3 Å². The molecule has 1 aliphatic carbocycles. The third kappa shape index (κ3) is 6.48. The van der Waals surface area contributed by atoms with Gasteiger partial charge in [-0.3, -0.25) is 0 Å². The van der Waals surface area contributed by atoms with E-state index in [-0.39, 0.29) is 5.41 Å². The van der Waals surface area contributed by atoms with Gasteiger partial charge in [-0.25, -0.2) is 15.0 Å². The van der Waals surface area contributed by atoms with Gasteiger partial charge in [0.05, 0.1) is 11.0 Å². The molecule has 1 aliphatic rings. The van der Waals surface area contributed by atoms with E-state index in [9.17, 15) is 0 Å². The molecule has 2 heterocycles. The standard InChI is InChI=1S/C64H44N4/c1-64(2)56-36-33-44-20-12-13-25-51(44)59(56)54-35-32-48(40-57(54)64)52-26-15-27-53-55-39-47(42-18-8-4-9-19-42)34-37-58(55)68(60(52)53)50-24-14-23-49(38-50)63-66-61(45-21-10-5-11-22-45)65-62(67-63)46-30-28-43(29-31-46)41-16-6-3-7-17-41/h3-40H,1-2H3. The lowest BCUT2D eigenvalue weighted by Gasteiger charge is -2.22. The molecule has 0 unspecified atom stereocenters. The fourth-order valence-corrected chi connectivity index (χ4v) is 10.6. The second-order valence-electron chi connectivity index (χ2n) is 18.4. The first kappa shape index (κ1) is 39.6. The van der Waals surface area contributed by atoms with Crippen molar-refractivity contribution in [3.8, 4) is 84.4 Å². The Morgan fingerprint density at radius 3 is 1.62 bits per heavy atom. The van der Waals surface area contributed by atoms with Crippen molar-refractivity contribution in [2.45, 2.75) is 19.3 Å². The zero-order valence-electron chi connectivity index (χ0n) is 37.7. The Morgan fingerprint density at radius 1 is 0.338 bits per heavy atom. The summed E-state index contributed by atoms with van der Waals surface area (Å²) in [5.41, 5.74) is 18.4. The fourth-order valence-electron chi connectivity index (χ4n) is 10.6. The Labute approximate surface area is 395 Å². The predicted octanol–water partition coefficient (Wildman–Crippen LogP) is 16.4. The van der Waals surface area contributed by atoms with Crippen LogP contribution in [0.5, 0.6) is 0 Å². The minimum absolute atomic E-state index is 0.170. The largest absolute Gasteiger partial charge is 0.309 e. The highest BCUT2D eigenvalue weighted by molar-refractivity contribution is 6.15. The molecule has 320 valence electrons. The van der Waals surface area contributed by atoms with Gasteiger partial charge in [-0.05, 0) is 91.2 Å². The SMILES string of the molecule is CC1(C)c2cc(-c3cccc4c5cc(-c6ccccc6)ccc5n(-c5cccc(-c6nc(-c7ccccc7)nc(-c7ccc(-c8ccccc8)cc7)n6)c5)c34)ccc2-c2c1ccc1ccccc21. The number of aromatic nitrogens is 4. The minimum Gasteiger partial charge on any atom is -0.309 e. The first-order valence-corrected chi connectivity index (χ1v) is 23.3. The summed E-state index contributed by atoms with van der Waals surface area (Å²) in [4.78, 5) is 15.5. The maximum absolute atomic E-state index is 5.21. The second-order valence-corrected chi connectivity index (χ2v) is 18.4. The number of para-hydroxylation sites is 1. The average molecular weight is 869 g/mol. The highest BCUT2D eigenvalue weighted by atomic mass is 15.0. The molecule has 0 saturated carbocycles. The van der Waals surface area contributed by atoms with E-state index in [0.717, 1.165) is 39.0 Å². The molecule has 0 fully saturated rings. The van der Waals surface area contributed by atoms with E-state index in [1.165, 1.54) is 71.6 Å². The van der Waals surface area contributed by atoms with Crippen molar-refractivity contribution in [1.29, 1.82) is 0 Å². The quantitative estimate of drug-likeness (QED) is 0.160. The molecule has 0 saturated heterocycles. The lowest BCUT2D eigenvalue weighted by Crippen LogP contribution is -2.15. The molecule has 0 atom stereocenters. The molecule has 0 bridgehead atoms. The molecule has 0 radical (unpaired) electrons. The summed E-state index contributed by atoms with van der Waals surface area (Å²) < 4.78 is 2.45. The van der Waals surface area contributed by atoms with E-state index in [0.29, 0.717) is 17.5 Å². The monoisotopic (exact) mass is 868 g/mol. The minimum atomic E-state index is -0.170. The van der Waals surface area contributed by atoms with Crippen molar-refractivity contribution in [2.24, 2.45) is 0 Å². The predicted molar refractivity (Wildman–Crippen MR) is 282 cm³/mol. The Balaban J connectivity index is 0.999. The van der Waals surface area contributed by atoms with Crippen LogP contribution in [0, 0.1) is 0 Å². The summed E-state index contributed by atoms with van der Waals surface area (Å²) in [5, 5.41) is 4.97. The van der Waals surface area contributed by atoms with E-state index in [4.69, 9.17) is 15.0 Å². The first-order chi connectivity index (χ1) is 33.5. The van der Waals surface area contributed by atoms with Crippen LogP contribution in [0.4, 0.5) is 0 Å². The summed E-state index contributed by atoms with van der Waals surface area (Å²) in [5.74, 6) is 1.87. The van der Waals surface area contributed by atoms with Gasteiger partial charge in [-0.15, -0.1) is 0 Å². The van der Waals surface area contributed by atoms with Crippen LogP contribution in [-0.4, -0.2) is 19.5 Å². The molecule has 4 heteroatoms. The molecule has 68 heavy (non-hydrogen) atoms. The van der Waals surface area contributed by atoms with Gasteiger partial charge in [0.15, 0.2) is 17.5 Å². The summed E-state index contributed by atoms with van der Waals surface area (Å²) in [6.07, 6.45) is 0. The number of rotatable bonds is 7. The average Bonchev–Trinajstić information content (AvgIpc) is 3.87. The highest BCUT2D eigenvalue weighted by Gasteiger charge is 2.37. The Morgan fingerprint density at radius 2 is 0.882 bits per heavy atom. The van der Waals surface area contributed by atoms with Gasteiger partial charge in [0.25, 0.3) is 0 Å². The molecule has 0 aliphatic heterocycles. The smallest absolute Gasteiger partial charge is 0.164 e. The molecular weight excluding hydrogens is 825 g/mol. The molecule has 4 nitrogen and oxygen atoms in total. The number of nitrogens with zero attached hydrogens (tertiary/aromatic N) is 4. The lowest BCUT2D eigenvalue weighted by molar-refractivity contribution is 0.661. The second kappa shape index (κ2) is 15.7. The molecular formula is C64H44N4. The van der Waals surface area contributed by atoms with Crippen LogP contribution in [0.2, 0.25) is 0 Å². The van der Waals surface area contributed by atoms with Crippen LogP contribution in [0.25, 0.3) is 117 Å². The van der Waals surface area contributed by atoms with Gasteiger partial charge in [0.2, 0.25) is 0 Å². The molecule has 0 N–H and O–H groups in total. The van der Waals surface area contributed by atoms with Crippen LogP contribution in [-0.2, 0) is 5.41 Å². The van der Waals surface area contributed by atoms with Crippen molar-refractivity contribution in [2.75, 3.05) is 0 Å². The van der Waals surface area contributed by atoms with Crippen LogP contribution in [0.3, 0.4) is 0 Å². The summed E-state index contributed by atoms with van der Waals surface area (Å²) >= 11 is 0. The van der Waals surface area contributed by atoms with Crippen molar-refractivity contribution >= 4 is 32.6 Å². The van der Waals surface area contributed by atoms with Gasteiger partial charge >= 0.3 is 0 Å². The number of hydrogen-bond donors (Lipinski definition) is 0. The molecule has 12 aromatic rings. The van der Waals surface area contributed by atoms with E-state index >= 15 is 0 Å². The molecule has 13 rings (SSSR count). The number of benzene rings is 10. The highest BCUT2D eigenvalue weighted by Crippen LogP contribution is 2.53. The number of hydrogen-bond acceptors (Lipinski definition) is 3. The molecule has 0 amide bonds. The topological polar surface area (TPSA) is 43.6 Å². The van der Waals surface area contributed by atoms with E-state index in [2.05, 4.69) is 225 Å². The van der Waals surface area contributed by atoms with Gasteiger partial charge in [-0.1, -0.05) is 214 Å². The maximum Gasteiger partial charge on any atom is 0.164 e. The van der Waals surface area contributed by atoms with Crippen molar-refractivity contribution in [1.82, 2.24) is 19.5 Å². The summed E-state index contributed by atoms with van der Waals surface area (Å²) in [6, 6.07) is 82.7. The zero-order chi connectivity index (χ0) is 45.3. The van der Waals surface area contributed by atoms with Crippen molar-refractivity contribution in [3.63, 3.8) is 0 Å². The van der Waals surface area contributed by atoms with Gasteiger partial charge < -0.3 is 4.57 Å². The van der Waals surface area contributed by atoms with Gasteiger partial charge in [0.1, 0.15) is 0 Å². The molecule has 10 aromatic carbocycles. The van der Waals surface area contributed by atoms with Crippen LogP contribution in [0.15, 0.2) is 231 Å². The van der Waals surface area contributed by atoms with E-state index in [1.54, 1.807) is 0 Å². The van der Waals surface area contributed by atoms with Crippen LogP contribution in [0.1, 0.15) is 25.0 Å². The van der Waals surface area contributed by atoms with Gasteiger partial charge in [-0.2, -0.15) is 0 Å². The van der Waals surface area contributed by atoms with Gasteiger partial charge in [0, 0.05) is 44.1 Å². The van der Waals surface area contributed by atoms with Crippen molar-refractivity contribution in [3.05, 3.63) is 242 Å². The zero-order valence-corrected chi connectivity index (χ0v) is 37.7. The van der Waals surface area contributed by atoms with Crippen LogP contribution >= 0.6 is 0 Å². The lowest BCUT2D eigenvalue weighted by atomic mass is 9.81. The maximum atomic E-state index is 5.21. The fraction of sp³-hybridized carbons (Fsp3) is 0.0469. The van der Waals surface area contributed by atoms with E-state index < -0.39 is 0 Å². The molecule has 0 spiro atoms. The summed E-state index contributed by atoms with van der Waals surface area (Å²) in [7, 11) is 0. The van der Waals surface area contributed by atoms with Crippen LogP contribution < -0.4 is 0 Å².